The summed E-state index contributed by atoms with van der Waals surface area (Å²) in [6.07, 6.45) is -2.52. The van der Waals surface area contributed by atoms with Gasteiger partial charge in [0.05, 0.1) is 10.5 Å². The Balaban J connectivity index is 0.00000364. The van der Waals surface area contributed by atoms with Crippen molar-refractivity contribution in [1.82, 2.24) is 10.2 Å². The standard InChI is InChI=1S/C17H25F2N3O3S.HI/c1-17(2)12-22(7-8-26(17,23)24)16(20-3)21-10-13-5-4-6-14(9-13)25-11-15(18)19;/h4-6,9,15H,7-8,10-12H2,1-3H3,(H,20,21);1H. The molecule has 2 rings (SSSR count). The molecule has 0 amide bonds. The van der Waals surface area contributed by atoms with E-state index in [0.717, 1.165) is 5.56 Å². The lowest BCUT2D eigenvalue weighted by Gasteiger charge is -2.39. The molecular weight excluding hydrogens is 491 g/mol. The second-order valence-corrected chi connectivity index (χ2v) is 9.49. The Bertz CT molecular complexity index is 758. The van der Waals surface area contributed by atoms with Crippen LogP contribution in [0.2, 0.25) is 0 Å². The first-order valence-corrected chi connectivity index (χ1v) is 9.97. The summed E-state index contributed by atoms with van der Waals surface area (Å²) in [5.74, 6) is 1.06. The fraction of sp³-hybridized carbons (Fsp3) is 0.588. The van der Waals surface area contributed by atoms with Crippen molar-refractivity contribution in [2.75, 3.05) is 32.5 Å². The number of halogens is 3. The van der Waals surface area contributed by atoms with Gasteiger partial charge in [0, 0.05) is 26.7 Å². The molecule has 1 aromatic carbocycles. The zero-order valence-electron chi connectivity index (χ0n) is 15.6. The molecule has 0 aromatic heterocycles. The first-order valence-electron chi connectivity index (χ1n) is 8.32. The topological polar surface area (TPSA) is 71.0 Å². The van der Waals surface area contributed by atoms with Crippen molar-refractivity contribution in [3.8, 4) is 5.75 Å². The van der Waals surface area contributed by atoms with Gasteiger partial charge in [-0.2, -0.15) is 0 Å². The van der Waals surface area contributed by atoms with Crippen LogP contribution in [-0.4, -0.2) is 62.9 Å². The van der Waals surface area contributed by atoms with Gasteiger partial charge >= 0.3 is 0 Å². The summed E-state index contributed by atoms with van der Waals surface area (Å²) in [5.41, 5.74) is 0.849. The maximum atomic E-state index is 12.2. The van der Waals surface area contributed by atoms with Crippen LogP contribution in [0.5, 0.6) is 5.75 Å². The molecule has 1 N–H and O–H groups in total. The molecule has 0 saturated carbocycles. The van der Waals surface area contributed by atoms with Crippen LogP contribution in [0.15, 0.2) is 29.3 Å². The van der Waals surface area contributed by atoms with E-state index in [1.54, 1.807) is 39.1 Å². The molecule has 0 radical (unpaired) electrons. The Morgan fingerprint density at radius 3 is 2.70 bits per heavy atom. The van der Waals surface area contributed by atoms with Gasteiger partial charge in [-0.25, -0.2) is 17.2 Å². The van der Waals surface area contributed by atoms with Crippen molar-refractivity contribution in [2.24, 2.45) is 4.99 Å². The van der Waals surface area contributed by atoms with E-state index < -0.39 is 27.6 Å². The van der Waals surface area contributed by atoms with E-state index >= 15 is 0 Å². The molecule has 0 aliphatic carbocycles. The van der Waals surface area contributed by atoms with Crippen LogP contribution >= 0.6 is 24.0 Å². The minimum Gasteiger partial charge on any atom is -0.488 e. The molecular formula is C17H26F2IN3O3S. The van der Waals surface area contributed by atoms with Crippen molar-refractivity contribution in [2.45, 2.75) is 31.6 Å². The van der Waals surface area contributed by atoms with E-state index in [9.17, 15) is 17.2 Å². The quantitative estimate of drug-likeness (QED) is 0.370. The summed E-state index contributed by atoms with van der Waals surface area (Å²) in [6.45, 7) is 3.94. The summed E-state index contributed by atoms with van der Waals surface area (Å²) < 4.78 is 52.9. The van der Waals surface area contributed by atoms with Crippen LogP contribution in [0, 0.1) is 0 Å². The molecule has 0 unspecified atom stereocenters. The Kier molecular flexibility index (Phi) is 8.71. The molecule has 6 nitrogen and oxygen atoms in total. The second-order valence-electron chi connectivity index (χ2n) is 6.75. The van der Waals surface area contributed by atoms with E-state index in [-0.39, 0.29) is 29.7 Å². The lowest BCUT2D eigenvalue weighted by atomic mass is 10.2. The van der Waals surface area contributed by atoms with Crippen LogP contribution in [0.1, 0.15) is 19.4 Å². The highest BCUT2D eigenvalue weighted by Gasteiger charge is 2.40. The predicted octanol–water partition coefficient (Wildman–Crippen LogP) is 2.53. The molecule has 1 fully saturated rings. The van der Waals surface area contributed by atoms with E-state index in [1.807, 2.05) is 11.0 Å². The molecule has 1 heterocycles. The summed E-state index contributed by atoms with van der Waals surface area (Å²) in [7, 11) is -1.48. The van der Waals surface area contributed by atoms with E-state index in [0.29, 0.717) is 31.3 Å². The molecule has 0 spiro atoms. The minimum atomic E-state index is -3.12. The second kappa shape index (κ2) is 9.85. The minimum absolute atomic E-state index is 0. The van der Waals surface area contributed by atoms with Gasteiger partial charge in [-0.15, -0.1) is 24.0 Å². The fourth-order valence-electron chi connectivity index (χ4n) is 2.74. The molecule has 0 atom stereocenters. The molecule has 1 aliphatic heterocycles. The number of nitrogens with zero attached hydrogens (tertiary/aromatic N) is 2. The smallest absolute Gasteiger partial charge is 0.272 e. The first kappa shape index (κ1) is 23.9. The third-order valence-electron chi connectivity index (χ3n) is 4.28. The van der Waals surface area contributed by atoms with Crippen LogP contribution in [0.25, 0.3) is 0 Å². The van der Waals surface area contributed by atoms with Crippen LogP contribution in [-0.2, 0) is 16.4 Å². The molecule has 1 aliphatic rings. The maximum absolute atomic E-state index is 12.2. The molecule has 10 heteroatoms. The predicted molar refractivity (Wildman–Crippen MR) is 113 cm³/mol. The summed E-state index contributed by atoms with van der Waals surface area (Å²) in [5, 5.41) is 3.19. The third kappa shape index (κ3) is 6.44. The van der Waals surface area contributed by atoms with Gasteiger partial charge in [0.2, 0.25) is 0 Å². The summed E-state index contributed by atoms with van der Waals surface area (Å²) in [6, 6.07) is 6.89. The SMILES string of the molecule is CN=C(NCc1cccc(OCC(F)F)c1)N1CCS(=O)(=O)C(C)(C)C1.I. The van der Waals surface area contributed by atoms with E-state index in [2.05, 4.69) is 10.3 Å². The van der Waals surface area contributed by atoms with Crippen LogP contribution in [0.4, 0.5) is 8.78 Å². The highest BCUT2D eigenvalue weighted by atomic mass is 127. The van der Waals surface area contributed by atoms with E-state index in [1.165, 1.54) is 0 Å². The number of nitrogens with one attached hydrogen (secondary N) is 1. The monoisotopic (exact) mass is 517 g/mol. The number of rotatable bonds is 5. The van der Waals surface area contributed by atoms with Gasteiger partial charge in [-0.1, -0.05) is 12.1 Å². The molecule has 27 heavy (non-hydrogen) atoms. The maximum Gasteiger partial charge on any atom is 0.272 e. The number of hydrogen-bond donors (Lipinski definition) is 1. The average Bonchev–Trinajstić information content (AvgIpc) is 2.57. The fourth-order valence-corrected chi connectivity index (χ4v) is 4.11. The molecule has 1 saturated heterocycles. The largest absolute Gasteiger partial charge is 0.488 e. The normalized spacial score (nSPS) is 18.7. The van der Waals surface area contributed by atoms with E-state index in [4.69, 9.17) is 4.74 Å². The zero-order chi connectivity index (χ0) is 19.4. The molecule has 1 aromatic rings. The highest BCUT2D eigenvalue weighted by Crippen LogP contribution is 2.23. The van der Waals surface area contributed by atoms with Crippen molar-refractivity contribution < 1.29 is 21.9 Å². The number of aliphatic imine (C=N–C) groups is 1. The number of ether oxygens (including phenoxy) is 1. The Labute approximate surface area is 176 Å². The van der Waals surface area contributed by atoms with Gasteiger partial charge in [0.15, 0.2) is 15.8 Å². The number of alkyl halides is 2. The van der Waals surface area contributed by atoms with Gasteiger partial charge in [0.1, 0.15) is 12.4 Å². The van der Waals surface area contributed by atoms with Crippen LogP contribution < -0.4 is 10.1 Å². The zero-order valence-corrected chi connectivity index (χ0v) is 18.8. The van der Waals surface area contributed by atoms with Crippen molar-refractivity contribution >= 4 is 39.8 Å². The van der Waals surface area contributed by atoms with Crippen LogP contribution in [0.3, 0.4) is 0 Å². The summed E-state index contributed by atoms with van der Waals surface area (Å²) >= 11 is 0. The number of benzene rings is 1. The van der Waals surface area contributed by atoms with Gasteiger partial charge in [-0.3, -0.25) is 4.99 Å². The molecule has 0 bridgehead atoms. The molecule has 154 valence electrons. The van der Waals surface area contributed by atoms with Crippen molar-refractivity contribution in [3.05, 3.63) is 29.8 Å². The average molecular weight is 517 g/mol. The Hall–Kier alpha value is -1.17. The number of guanidine groups is 1. The lowest BCUT2D eigenvalue weighted by molar-refractivity contribution is 0.0818. The Morgan fingerprint density at radius 1 is 1.41 bits per heavy atom. The lowest BCUT2D eigenvalue weighted by Crippen LogP contribution is -2.57. The van der Waals surface area contributed by atoms with Gasteiger partial charge < -0.3 is 15.0 Å². The van der Waals surface area contributed by atoms with Gasteiger partial charge in [-0.05, 0) is 31.5 Å². The number of sulfone groups is 1. The number of hydrogen-bond acceptors (Lipinski definition) is 4. The summed E-state index contributed by atoms with van der Waals surface area (Å²) in [4.78, 5) is 6.14. The van der Waals surface area contributed by atoms with Crippen molar-refractivity contribution in [3.63, 3.8) is 0 Å². The Morgan fingerprint density at radius 2 is 2.11 bits per heavy atom. The van der Waals surface area contributed by atoms with Gasteiger partial charge in [0.25, 0.3) is 6.43 Å². The first-order chi connectivity index (χ1) is 12.1. The highest BCUT2D eigenvalue weighted by molar-refractivity contribution is 14.0. The third-order valence-corrected chi connectivity index (χ3v) is 6.81. The van der Waals surface area contributed by atoms with Crippen molar-refractivity contribution in [1.29, 1.82) is 0 Å².